The second kappa shape index (κ2) is 6.48. The highest BCUT2D eigenvalue weighted by molar-refractivity contribution is 5.93. The average Bonchev–Trinajstić information content (AvgIpc) is 3.23. The summed E-state index contributed by atoms with van der Waals surface area (Å²) in [5.41, 5.74) is 0.654. The third-order valence-electron chi connectivity index (χ3n) is 4.95. The van der Waals surface area contributed by atoms with Gasteiger partial charge in [0.15, 0.2) is 5.82 Å². The number of carbonyl (C=O) groups excluding carboxylic acids is 1. The van der Waals surface area contributed by atoms with Crippen LogP contribution in [0.15, 0.2) is 36.7 Å². The fraction of sp³-hybridized carbons (Fsp3) is 0.444. The Morgan fingerprint density at radius 1 is 1.36 bits per heavy atom. The minimum Gasteiger partial charge on any atom is -0.469 e. The van der Waals surface area contributed by atoms with Crippen molar-refractivity contribution >= 4 is 5.91 Å². The molecule has 2 aromatic rings. The second-order valence-electron chi connectivity index (χ2n) is 6.43. The van der Waals surface area contributed by atoms with Gasteiger partial charge >= 0.3 is 0 Å². The van der Waals surface area contributed by atoms with E-state index in [1.807, 2.05) is 34.8 Å². The normalized spacial score (nSPS) is 25.7. The number of fused-ring (bicyclic) bond motifs is 1. The van der Waals surface area contributed by atoms with E-state index in [2.05, 4.69) is 4.98 Å². The number of hydrogen-bond acceptors (Lipinski definition) is 4. The molecule has 2 fully saturated rings. The highest BCUT2D eigenvalue weighted by Gasteiger charge is 2.46. The van der Waals surface area contributed by atoms with Crippen LogP contribution in [0.5, 0.6) is 5.88 Å². The van der Waals surface area contributed by atoms with Crippen molar-refractivity contribution in [3.05, 3.63) is 48.2 Å². The highest BCUT2D eigenvalue weighted by Crippen LogP contribution is 2.33. The van der Waals surface area contributed by atoms with Crippen molar-refractivity contribution in [2.24, 2.45) is 7.05 Å². The van der Waals surface area contributed by atoms with Gasteiger partial charge in [-0.2, -0.15) is 0 Å². The lowest BCUT2D eigenvalue weighted by atomic mass is 10.1. The lowest BCUT2D eigenvalue weighted by Crippen LogP contribution is -2.54. The molecule has 132 valence electrons. The molecule has 2 aliphatic rings. The Hall–Kier alpha value is -2.41. The molecule has 0 radical (unpaired) electrons. The maximum absolute atomic E-state index is 13.8. The van der Waals surface area contributed by atoms with Crippen LogP contribution >= 0.6 is 0 Å². The molecule has 1 saturated heterocycles. The van der Waals surface area contributed by atoms with E-state index in [9.17, 15) is 9.18 Å². The van der Waals surface area contributed by atoms with Gasteiger partial charge in [-0.05, 0) is 37.1 Å². The van der Waals surface area contributed by atoms with Crippen molar-refractivity contribution in [2.75, 3.05) is 13.2 Å². The molecule has 4 rings (SSSR count). The molecule has 1 amide bonds. The topological polar surface area (TPSA) is 56.6 Å². The molecule has 3 atom stereocenters. The van der Waals surface area contributed by atoms with E-state index in [-0.39, 0.29) is 30.0 Å². The summed E-state index contributed by atoms with van der Waals surface area (Å²) < 4.78 is 27.3. The Balaban J connectivity index is 1.52. The second-order valence-corrected chi connectivity index (χ2v) is 6.43. The Morgan fingerprint density at radius 3 is 3.00 bits per heavy atom. The maximum atomic E-state index is 13.8. The number of aromatic nitrogens is 2. The number of aryl methyl sites for hydroxylation is 1. The third-order valence-corrected chi connectivity index (χ3v) is 4.95. The summed E-state index contributed by atoms with van der Waals surface area (Å²) in [7, 11) is 1.86. The van der Waals surface area contributed by atoms with Crippen LogP contribution in [0.1, 0.15) is 23.3 Å². The number of halogens is 1. The van der Waals surface area contributed by atoms with Gasteiger partial charge in [-0.3, -0.25) is 4.79 Å². The fourth-order valence-corrected chi connectivity index (χ4v) is 3.73. The quantitative estimate of drug-likeness (QED) is 0.854. The van der Waals surface area contributed by atoms with Crippen LogP contribution in [0.3, 0.4) is 0 Å². The minimum absolute atomic E-state index is 0.00420. The van der Waals surface area contributed by atoms with Crippen molar-refractivity contribution in [3.8, 4) is 5.88 Å². The van der Waals surface area contributed by atoms with Gasteiger partial charge in [0.05, 0.1) is 12.6 Å². The van der Waals surface area contributed by atoms with Crippen LogP contribution < -0.4 is 4.74 Å². The minimum atomic E-state index is -0.487. The number of nitrogens with zero attached hydrogens (tertiary/aromatic N) is 3. The molecular formula is C18H20FN3O3. The first-order valence-electron chi connectivity index (χ1n) is 8.46. The lowest BCUT2D eigenvalue weighted by Gasteiger charge is -2.38. The summed E-state index contributed by atoms with van der Waals surface area (Å²) in [5, 5.41) is 0. The molecule has 1 aliphatic carbocycles. The largest absolute Gasteiger partial charge is 0.469 e. The van der Waals surface area contributed by atoms with E-state index < -0.39 is 5.82 Å². The first kappa shape index (κ1) is 16.1. The molecular weight excluding hydrogens is 325 g/mol. The molecule has 6 nitrogen and oxygen atoms in total. The maximum Gasteiger partial charge on any atom is 0.270 e. The predicted octanol–water partition coefficient (Wildman–Crippen LogP) is 2.01. The van der Waals surface area contributed by atoms with Gasteiger partial charge in [0.25, 0.3) is 11.8 Å². The number of carbonyl (C=O) groups is 1. The predicted molar refractivity (Wildman–Crippen MR) is 87.8 cm³/mol. The summed E-state index contributed by atoms with van der Waals surface area (Å²) in [6.45, 7) is 0.998. The van der Waals surface area contributed by atoms with E-state index in [0.717, 1.165) is 6.42 Å². The molecule has 2 aromatic heterocycles. The first-order valence-corrected chi connectivity index (χ1v) is 8.46. The fourth-order valence-electron chi connectivity index (χ4n) is 3.73. The molecule has 25 heavy (non-hydrogen) atoms. The third kappa shape index (κ3) is 2.89. The van der Waals surface area contributed by atoms with Crippen LogP contribution in [0.4, 0.5) is 4.39 Å². The molecule has 7 heteroatoms. The van der Waals surface area contributed by atoms with Gasteiger partial charge in [0.1, 0.15) is 17.9 Å². The van der Waals surface area contributed by atoms with E-state index in [1.165, 1.54) is 18.3 Å². The summed E-state index contributed by atoms with van der Waals surface area (Å²) in [5.74, 6) is -0.503. The van der Waals surface area contributed by atoms with Crippen LogP contribution in [-0.2, 0) is 11.8 Å². The van der Waals surface area contributed by atoms with Crippen LogP contribution in [-0.4, -0.2) is 51.8 Å². The summed E-state index contributed by atoms with van der Waals surface area (Å²) in [6.07, 6.45) is 4.24. The standard InChI is InChI=1S/C18H20FN3O3/c1-21-9-3-5-14(21)18(23)22-10-11-24-16-13(22)6-7-15(16)25-17-12(19)4-2-8-20-17/h2-5,8-9,13,15-16H,6-7,10-11H2,1H3/t13-,15+,16+/m0/s1. The summed E-state index contributed by atoms with van der Waals surface area (Å²) in [6, 6.07) is 6.46. The van der Waals surface area contributed by atoms with E-state index >= 15 is 0 Å². The van der Waals surface area contributed by atoms with Crippen molar-refractivity contribution in [2.45, 2.75) is 31.1 Å². The molecule has 1 aliphatic heterocycles. The zero-order chi connectivity index (χ0) is 17.4. The van der Waals surface area contributed by atoms with Crippen LogP contribution in [0.25, 0.3) is 0 Å². The van der Waals surface area contributed by atoms with E-state index in [4.69, 9.17) is 9.47 Å². The van der Waals surface area contributed by atoms with Gasteiger partial charge in [-0.15, -0.1) is 0 Å². The van der Waals surface area contributed by atoms with Gasteiger partial charge in [-0.25, -0.2) is 9.37 Å². The Morgan fingerprint density at radius 2 is 2.24 bits per heavy atom. The van der Waals surface area contributed by atoms with E-state index in [1.54, 1.807) is 0 Å². The van der Waals surface area contributed by atoms with Gasteiger partial charge in [-0.1, -0.05) is 0 Å². The number of rotatable bonds is 3. The zero-order valence-corrected chi connectivity index (χ0v) is 14.0. The molecule has 0 spiro atoms. The molecule has 0 bridgehead atoms. The number of pyridine rings is 1. The average molecular weight is 345 g/mol. The van der Waals surface area contributed by atoms with Gasteiger partial charge < -0.3 is 18.9 Å². The van der Waals surface area contributed by atoms with Crippen molar-refractivity contribution in [1.82, 2.24) is 14.5 Å². The van der Waals surface area contributed by atoms with E-state index in [0.29, 0.717) is 25.3 Å². The number of hydrogen-bond donors (Lipinski definition) is 0. The lowest BCUT2D eigenvalue weighted by molar-refractivity contribution is -0.0800. The molecule has 0 N–H and O–H groups in total. The summed E-state index contributed by atoms with van der Waals surface area (Å²) in [4.78, 5) is 18.7. The number of ether oxygens (including phenoxy) is 2. The monoisotopic (exact) mass is 345 g/mol. The van der Waals surface area contributed by atoms with Crippen molar-refractivity contribution in [1.29, 1.82) is 0 Å². The zero-order valence-electron chi connectivity index (χ0n) is 14.0. The first-order chi connectivity index (χ1) is 12.1. The molecule has 0 aromatic carbocycles. The van der Waals surface area contributed by atoms with Gasteiger partial charge in [0, 0.05) is 26.0 Å². The molecule has 0 unspecified atom stereocenters. The Labute approximate surface area is 145 Å². The molecule has 3 heterocycles. The molecule has 1 saturated carbocycles. The number of morpholine rings is 1. The smallest absolute Gasteiger partial charge is 0.270 e. The Kier molecular flexibility index (Phi) is 4.17. The Bertz CT molecular complexity index is 778. The SMILES string of the molecule is Cn1cccc1C(=O)N1CCO[C@H]2[C@H](Oc3ncccc3F)CC[C@@H]21. The van der Waals surface area contributed by atoms with Crippen molar-refractivity contribution < 1.29 is 18.7 Å². The summed E-state index contributed by atoms with van der Waals surface area (Å²) >= 11 is 0. The van der Waals surface area contributed by atoms with Crippen LogP contribution in [0, 0.1) is 5.82 Å². The van der Waals surface area contributed by atoms with Gasteiger partial charge in [0.2, 0.25) is 0 Å². The number of amides is 1. The van der Waals surface area contributed by atoms with Crippen molar-refractivity contribution in [3.63, 3.8) is 0 Å². The highest BCUT2D eigenvalue weighted by atomic mass is 19.1. The van der Waals surface area contributed by atoms with Crippen LogP contribution in [0.2, 0.25) is 0 Å².